The van der Waals surface area contributed by atoms with Gasteiger partial charge in [0, 0.05) is 12.1 Å². The molecule has 0 radical (unpaired) electrons. The number of para-hydroxylation sites is 1. The third-order valence-corrected chi connectivity index (χ3v) is 3.00. The average Bonchev–Trinajstić information content (AvgIpc) is 3.03. The van der Waals surface area contributed by atoms with E-state index in [2.05, 4.69) is 10.3 Å². The van der Waals surface area contributed by atoms with Crippen LogP contribution in [0.5, 0.6) is 5.75 Å². The fraction of sp³-hybridized carbons (Fsp3) is 0.0667. The molecule has 0 bridgehead atoms. The van der Waals surface area contributed by atoms with Crippen molar-refractivity contribution in [3.63, 3.8) is 0 Å². The molecule has 3 aromatic rings. The summed E-state index contributed by atoms with van der Waals surface area (Å²) in [6, 6.07) is 15.5. The van der Waals surface area contributed by atoms with Crippen LogP contribution in [0, 0.1) is 10.1 Å². The summed E-state index contributed by atoms with van der Waals surface area (Å²) in [4.78, 5) is 10.2. The lowest BCUT2D eigenvalue weighted by Crippen LogP contribution is -1.96. The quantitative estimate of drug-likeness (QED) is 0.534. The van der Waals surface area contributed by atoms with E-state index in [9.17, 15) is 10.1 Å². The second-order valence-corrected chi connectivity index (χ2v) is 4.53. The highest BCUT2D eigenvalue weighted by Crippen LogP contribution is 2.15. The predicted molar refractivity (Wildman–Crippen MR) is 78.8 cm³/mol. The van der Waals surface area contributed by atoms with Gasteiger partial charge in [-0.2, -0.15) is 0 Å². The van der Waals surface area contributed by atoms with Crippen LogP contribution in [0.25, 0.3) is 5.69 Å². The molecule has 7 nitrogen and oxygen atoms in total. The van der Waals surface area contributed by atoms with Crippen LogP contribution >= 0.6 is 0 Å². The number of aromatic nitrogens is 3. The summed E-state index contributed by atoms with van der Waals surface area (Å²) < 4.78 is 7.14. The molecule has 110 valence electrons. The van der Waals surface area contributed by atoms with E-state index in [1.807, 2.05) is 30.3 Å². The summed E-state index contributed by atoms with van der Waals surface area (Å²) in [7, 11) is 0. The first-order chi connectivity index (χ1) is 10.7. The number of ether oxygens (including phenoxy) is 1. The average molecular weight is 296 g/mol. The van der Waals surface area contributed by atoms with E-state index in [-0.39, 0.29) is 5.69 Å². The van der Waals surface area contributed by atoms with Crippen molar-refractivity contribution in [1.82, 2.24) is 15.0 Å². The van der Waals surface area contributed by atoms with Gasteiger partial charge in [0.2, 0.25) is 0 Å². The van der Waals surface area contributed by atoms with Crippen molar-refractivity contribution in [2.75, 3.05) is 0 Å². The second kappa shape index (κ2) is 6.04. The third-order valence-electron chi connectivity index (χ3n) is 3.00. The fourth-order valence-corrected chi connectivity index (χ4v) is 1.89. The third kappa shape index (κ3) is 3.09. The van der Waals surface area contributed by atoms with Crippen LogP contribution in [0.1, 0.15) is 5.69 Å². The van der Waals surface area contributed by atoms with Crippen LogP contribution in [-0.4, -0.2) is 19.9 Å². The van der Waals surface area contributed by atoms with Gasteiger partial charge in [0.15, 0.2) is 0 Å². The summed E-state index contributed by atoms with van der Waals surface area (Å²) in [5.74, 6) is 0.757. The molecule has 0 amide bonds. The Labute approximate surface area is 125 Å². The first-order valence-electron chi connectivity index (χ1n) is 6.56. The Morgan fingerprint density at radius 2 is 1.82 bits per heavy atom. The minimum atomic E-state index is -0.440. The summed E-state index contributed by atoms with van der Waals surface area (Å²) in [6.07, 6.45) is 1.73. The van der Waals surface area contributed by atoms with Crippen molar-refractivity contribution in [3.05, 3.63) is 76.6 Å². The van der Waals surface area contributed by atoms with Crippen molar-refractivity contribution < 1.29 is 9.66 Å². The maximum absolute atomic E-state index is 10.6. The second-order valence-electron chi connectivity index (χ2n) is 4.53. The van der Waals surface area contributed by atoms with Crippen LogP contribution in [0.4, 0.5) is 5.69 Å². The van der Waals surface area contributed by atoms with Crippen LogP contribution in [0.15, 0.2) is 60.8 Å². The molecule has 22 heavy (non-hydrogen) atoms. The van der Waals surface area contributed by atoms with Crippen molar-refractivity contribution in [1.29, 1.82) is 0 Å². The van der Waals surface area contributed by atoms with Gasteiger partial charge in [-0.3, -0.25) is 10.1 Å². The zero-order valence-electron chi connectivity index (χ0n) is 11.5. The molecule has 0 aliphatic heterocycles. The molecule has 0 aliphatic carbocycles. The Morgan fingerprint density at radius 3 is 2.50 bits per heavy atom. The molecule has 0 unspecified atom stereocenters. The van der Waals surface area contributed by atoms with Gasteiger partial charge in [0.1, 0.15) is 18.1 Å². The van der Waals surface area contributed by atoms with Crippen molar-refractivity contribution >= 4 is 5.69 Å². The summed E-state index contributed by atoms with van der Waals surface area (Å²) in [5, 5.41) is 18.6. The van der Waals surface area contributed by atoms with Crippen LogP contribution < -0.4 is 4.74 Å². The molecule has 0 saturated carbocycles. The molecule has 0 spiro atoms. The number of benzene rings is 2. The highest BCUT2D eigenvalue weighted by Gasteiger charge is 2.07. The lowest BCUT2D eigenvalue weighted by atomic mass is 10.3. The largest absolute Gasteiger partial charge is 0.487 e. The van der Waals surface area contributed by atoms with E-state index < -0.39 is 4.92 Å². The van der Waals surface area contributed by atoms with Gasteiger partial charge in [-0.25, -0.2) is 4.68 Å². The van der Waals surface area contributed by atoms with Gasteiger partial charge in [-0.1, -0.05) is 23.4 Å². The van der Waals surface area contributed by atoms with Crippen LogP contribution in [0.3, 0.4) is 0 Å². The number of hydrogen-bond donors (Lipinski definition) is 0. The van der Waals surface area contributed by atoms with Crippen molar-refractivity contribution in [2.45, 2.75) is 6.61 Å². The molecule has 1 heterocycles. The van der Waals surface area contributed by atoms with Crippen LogP contribution in [-0.2, 0) is 6.61 Å². The molecule has 3 rings (SSSR count). The minimum Gasteiger partial charge on any atom is -0.487 e. The fourth-order valence-electron chi connectivity index (χ4n) is 1.89. The van der Waals surface area contributed by atoms with Gasteiger partial charge in [0.05, 0.1) is 16.8 Å². The molecule has 7 heteroatoms. The van der Waals surface area contributed by atoms with Gasteiger partial charge in [-0.05, 0) is 24.3 Å². The molecular weight excluding hydrogens is 284 g/mol. The highest BCUT2D eigenvalue weighted by atomic mass is 16.6. The monoisotopic (exact) mass is 296 g/mol. The number of rotatable bonds is 5. The van der Waals surface area contributed by atoms with E-state index in [4.69, 9.17) is 4.74 Å². The number of nitro groups is 1. The van der Waals surface area contributed by atoms with Gasteiger partial charge < -0.3 is 4.74 Å². The van der Waals surface area contributed by atoms with Gasteiger partial charge >= 0.3 is 0 Å². The molecule has 0 atom stereocenters. The predicted octanol–water partition coefficient (Wildman–Crippen LogP) is 2.75. The number of nitro benzene ring substituents is 1. The van der Waals surface area contributed by atoms with Gasteiger partial charge in [-0.15, -0.1) is 5.10 Å². The van der Waals surface area contributed by atoms with E-state index in [0.29, 0.717) is 18.0 Å². The Morgan fingerprint density at radius 1 is 1.09 bits per heavy atom. The van der Waals surface area contributed by atoms with E-state index in [1.54, 1.807) is 23.0 Å². The zero-order valence-corrected chi connectivity index (χ0v) is 11.5. The summed E-state index contributed by atoms with van der Waals surface area (Å²) >= 11 is 0. The molecule has 0 fully saturated rings. The van der Waals surface area contributed by atoms with E-state index >= 15 is 0 Å². The van der Waals surface area contributed by atoms with Crippen molar-refractivity contribution in [2.24, 2.45) is 0 Å². The van der Waals surface area contributed by atoms with Crippen molar-refractivity contribution in [3.8, 4) is 11.4 Å². The molecule has 2 aromatic carbocycles. The first-order valence-corrected chi connectivity index (χ1v) is 6.56. The first kappa shape index (κ1) is 13.7. The Bertz CT molecular complexity index is 769. The minimum absolute atomic E-state index is 0.0384. The maximum Gasteiger partial charge on any atom is 0.269 e. The molecule has 0 saturated heterocycles. The maximum atomic E-state index is 10.6. The summed E-state index contributed by atoms with van der Waals surface area (Å²) in [5.41, 5.74) is 1.41. The molecular formula is C15H12N4O3. The summed E-state index contributed by atoms with van der Waals surface area (Å²) in [6.45, 7) is 0.303. The molecule has 0 aliphatic rings. The number of nitrogens with zero attached hydrogens (tertiary/aromatic N) is 4. The normalized spacial score (nSPS) is 10.4. The lowest BCUT2D eigenvalue weighted by molar-refractivity contribution is -0.384. The zero-order chi connectivity index (χ0) is 15.4. The lowest BCUT2D eigenvalue weighted by Gasteiger charge is -2.02. The topological polar surface area (TPSA) is 83.1 Å². The smallest absolute Gasteiger partial charge is 0.269 e. The van der Waals surface area contributed by atoms with E-state index in [0.717, 1.165) is 5.75 Å². The SMILES string of the molecule is O=[N+]([O-])c1ccc(-n2cc(COc3ccccc3)nn2)cc1. The number of hydrogen-bond acceptors (Lipinski definition) is 5. The molecule has 0 N–H and O–H groups in total. The highest BCUT2D eigenvalue weighted by molar-refractivity contribution is 5.40. The Hall–Kier alpha value is -3.22. The van der Waals surface area contributed by atoms with E-state index in [1.165, 1.54) is 12.1 Å². The number of non-ortho nitro benzene ring substituents is 1. The Kier molecular flexibility index (Phi) is 3.78. The van der Waals surface area contributed by atoms with Crippen LogP contribution in [0.2, 0.25) is 0 Å². The Balaban J connectivity index is 1.69. The van der Waals surface area contributed by atoms with Gasteiger partial charge in [0.25, 0.3) is 5.69 Å². The standard InChI is InChI=1S/C15H12N4O3/c20-19(21)14-8-6-13(7-9-14)18-10-12(16-17-18)11-22-15-4-2-1-3-5-15/h1-10H,11H2. The molecule has 1 aromatic heterocycles.